The van der Waals surface area contributed by atoms with E-state index in [4.69, 9.17) is 16.3 Å². The van der Waals surface area contributed by atoms with E-state index in [-0.39, 0.29) is 18.4 Å². The Kier molecular flexibility index (Phi) is 6.19. The summed E-state index contributed by atoms with van der Waals surface area (Å²) >= 11 is 5.87. The summed E-state index contributed by atoms with van der Waals surface area (Å²) in [7, 11) is 0. The molecule has 0 saturated carbocycles. The van der Waals surface area contributed by atoms with Gasteiger partial charge in [-0.15, -0.1) is 0 Å². The molecule has 1 aliphatic rings. The van der Waals surface area contributed by atoms with Gasteiger partial charge in [-0.2, -0.15) is 0 Å². The first-order valence-electron chi connectivity index (χ1n) is 8.90. The van der Waals surface area contributed by atoms with Crippen LogP contribution >= 0.6 is 11.6 Å². The molecule has 27 heavy (non-hydrogen) atoms. The summed E-state index contributed by atoms with van der Waals surface area (Å²) in [6.07, 6.45) is 0.192. The number of carbonyl (C=O) groups excluding carboxylic acids is 2. The van der Waals surface area contributed by atoms with Crippen molar-refractivity contribution < 1.29 is 14.3 Å². The van der Waals surface area contributed by atoms with Crippen molar-refractivity contribution in [2.45, 2.75) is 19.4 Å². The number of halogens is 1. The highest BCUT2D eigenvalue weighted by atomic mass is 35.5. The number of carbonyl (C=O) groups is 2. The van der Waals surface area contributed by atoms with Crippen molar-refractivity contribution in [3.8, 4) is 5.75 Å². The molecular formula is C20H22ClN3O3. The normalized spacial score (nSPS) is 15.5. The minimum atomic E-state index is -0.658. The van der Waals surface area contributed by atoms with Crippen LogP contribution < -0.4 is 20.3 Å². The van der Waals surface area contributed by atoms with Crippen molar-refractivity contribution in [1.82, 2.24) is 5.32 Å². The van der Waals surface area contributed by atoms with Gasteiger partial charge in [0.05, 0.1) is 18.8 Å². The monoisotopic (exact) mass is 387 g/mol. The molecule has 6 nitrogen and oxygen atoms in total. The molecule has 142 valence electrons. The Labute approximate surface area is 163 Å². The predicted molar refractivity (Wildman–Crippen MR) is 106 cm³/mol. The summed E-state index contributed by atoms with van der Waals surface area (Å²) < 4.78 is 5.83. The molecule has 2 amide bonds. The zero-order chi connectivity index (χ0) is 19.2. The van der Waals surface area contributed by atoms with Crippen molar-refractivity contribution in [3.05, 3.63) is 53.6 Å². The number of hydrogen-bond acceptors (Lipinski definition) is 4. The van der Waals surface area contributed by atoms with Crippen LogP contribution in [0.4, 0.5) is 11.4 Å². The second-order valence-corrected chi connectivity index (χ2v) is 6.74. The van der Waals surface area contributed by atoms with Gasteiger partial charge in [0.1, 0.15) is 5.75 Å². The largest absolute Gasteiger partial charge is 0.477 e. The summed E-state index contributed by atoms with van der Waals surface area (Å²) in [4.78, 5) is 26.7. The zero-order valence-electron chi connectivity index (χ0n) is 15.1. The lowest BCUT2D eigenvalue weighted by Crippen LogP contribution is -2.50. The van der Waals surface area contributed by atoms with E-state index in [9.17, 15) is 9.59 Å². The smallest absolute Gasteiger partial charge is 0.262 e. The molecule has 1 atom stereocenters. The van der Waals surface area contributed by atoms with E-state index in [1.54, 1.807) is 30.3 Å². The summed E-state index contributed by atoms with van der Waals surface area (Å²) in [5.41, 5.74) is 1.46. The highest BCUT2D eigenvalue weighted by Crippen LogP contribution is 2.33. The van der Waals surface area contributed by atoms with E-state index < -0.39 is 6.10 Å². The average Bonchev–Trinajstić information content (AvgIpc) is 2.67. The fraction of sp³-hybridized carbons (Fsp3) is 0.300. The lowest BCUT2D eigenvalue weighted by atomic mass is 10.1. The van der Waals surface area contributed by atoms with E-state index in [2.05, 4.69) is 10.6 Å². The highest BCUT2D eigenvalue weighted by Gasteiger charge is 2.31. The van der Waals surface area contributed by atoms with Crippen LogP contribution in [0, 0.1) is 0 Å². The molecule has 2 aromatic rings. The number of ether oxygens (including phenoxy) is 1. The molecule has 0 fully saturated rings. The Hall–Kier alpha value is -2.73. The molecule has 3 rings (SSSR count). The second-order valence-electron chi connectivity index (χ2n) is 6.30. The van der Waals surface area contributed by atoms with Crippen molar-refractivity contribution in [3.63, 3.8) is 0 Å². The fourth-order valence-corrected chi connectivity index (χ4v) is 2.99. The van der Waals surface area contributed by atoms with Crippen LogP contribution in [0.5, 0.6) is 5.75 Å². The van der Waals surface area contributed by atoms with Crippen LogP contribution in [0.1, 0.15) is 13.3 Å². The van der Waals surface area contributed by atoms with Crippen LogP contribution in [0.3, 0.4) is 0 Å². The molecular weight excluding hydrogens is 366 g/mol. The minimum absolute atomic E-state index is 0.112. The summed E-state index contributed by atoms with van der Waals surface area (Å²) in [6, 6.07) is 14.3. The molecule has 7 heteroatoms. The molecule has 0 radical (unpaired) electrons. The lowest BCUT2D eigenvalue weighted by molar-refractivity contribution is -0.128. The van der Waals surface area contributed by atoms with Crippen LogP contribution in [-0.2, 0) is 9.59 Å². The van der Waals surface area contributed by atoms with Crippen molar-refractivity contribution in [2.75, 3.05) is 29.9 Å². The third kappa shape index (κ3) is 4.92. The van der Waals surface area contributed by atoms with Crippen LogP contribution in [0.15, 0.2) is 48.5 Å². The van der Waals surface area contributed by atoms with E-state index in [0.717, 1.165) is 12.1 Å². The van der Waals surface area contributed by atoms with E-state index in [1.807, 2.05) is 30.0 Å². The topological polar surface area (TPSA) is 70.7 Å². The van der Waals surface area contributed by atoms with Crippen molar-refractivity contribution >= 4 is 34.8 Å². The average molecular weight is 388 g/mol. The first kappa shape index (κ1) is 19.0. The fourth-order valence-electron chi connectivity index (χ4n) is 2.86. The van der Waals surface area contributed by atoms with Gasteiger partial charge in [0.15, 0.2) is 6.10 Å². The van der Waals surface area contributed by atoms with E-state index >= 15 is 0 Å². The Balaban J connectivity index is 1.71. The van der Waals surface area contributed by atoms with Crippen molar-refractivity contribution in [1.29, 1.82) is 0 Å². The highest BCUT2D eigenvalue weighted by molar-refractivity contribution is 6.30. The molecule has 0 saturated heterocycles. The first-order valence-corrected chi connectivity index (χ1v) is 9.28. The SMILES string of the molecule is CCCNC(=O)C1CN(CC(=O)Nc2ccc(Cl)cc2)c2ccccc2O1. The summed E-state index contributed by atoms with van der Waals surface area (Å²) in [6.45, 7) is 3.00. The minimum Gasteiger partial charge on any atom is -0.477 e. The Morgan fingerprint density at radius 2 is 1.93 bits per heavy atom. The number of hydrogen-bond donors (Lipinski definition) is 2. The molecule has 2 N–H and O–H groups in total. The standard InChI is InChI=1S/C20H22ClN3O3/c1-2-11-22-20(26)18-12-24(16-5-3-4-6-17(16)27-18)13-19(25)23-15-9-7-14(21)8-10-15/h3-10,18H,2,11-13H2,1H3,(H,22,26)(H,23,25). The maximum Gasteiger partial charge on any atom is 0.262 e. The molecule has 0 aromatic heterocycles. The quantitative estimate of drug-likeness (QED) is 0.799. The number of nitrogens with one attached hydrogen (secondary N) is 2. The van der Waals surface area contributed by atoms with E-state index in [0.29, 0.717) is 29.5 Å². The van der Waals surface area contributed by atoms with Gasteiger partial charge in [-0.05, 0) is 42.8 Å². The van der Waals surface area contributed by atoms with Crippen LogP contribution in [0.25, 0.3) is 0 Å². The third-order valence-electron chi connectivity index (χ3n) is 4.17. The molecule has 0 spiro atoms. The van der Waals surface area contributed by atoms with Crippen molar-refractivity contribution in [2.24, 2.45) is 0 Å². The number of benzene rings is 2. The summed E-state index contributed by atoms with van der Waals surface area (Å²) in [5.74, 6) is 0.246. The zero-order valence-corrected chi connectivity index (χ0v) is 15.8. The van der Waals surface area contributed by atoms with Crippen LogP contribution in [-0.4, -0.2) is 37.6 Å². The Bertz CT molecular complexity index is 810. The Morgan fingerprint density at radius 1 is 1.19 bits per heavy atom. The van der Waals surface area contributed by atoms with Gasteiger partial charge in [0, 0.05) is 17.3 Å². The molecule has 2 aromatic carbocycles. The van der Waals surface area contributed by atoms with Gasteiger partial charge in [-0.1, -0.05) is 30.7 Å². The summed E-state index contributed by atoms with van der Waals surface area (Å²) in [5, 5.41) is 6.30. The number of fused-ring (bicyclic) bond motifs is 1. The van der Waals surface area contributed by atoms with Gasteiger partial charge in [-0.3, -0.25) is 9.59 Å². The molecule has 1 aliphatic heterocycles. The number of anilines is 2. The maximum absolute atomic E-state index is 12.5. The van der Waals surface area contributed by atoms with Gasteiger partial charge in [0.25, 0.3) is 5.91 Å². The number of rotatable bonds is 6. The predicted octanol–water partition coefficient (Wildman–Crippen LogP) is 3.07. The number of nitrogens with zero attached hydrogens (tertiary/aromatic N) is 1. The van der Waals surface area contributed by atoms with Gasteiger partial charge in [-0.25, -0.2) is 0 Å². The van der Waals surface area contributed by atoms with Gasteiger partial charge in [0.2, 0.25) is 5.91 Å². The van der Waals surface area contributed by atoms with Gasteiger partial charge < -0.3 is 20.3 Å². The molecule has 0 bridgehead atoms. The van der Waals surface area contributed by atoms with Gasteiger partial charge >= 0.3 is 0 Å². The Morgan fingerprint density at radius 3 is 2.67 bits per heavy atom. The number of amides is 2. The lowest BCUT2D eigenvalue weighted by Gasteiger charge is -2.35. The molecule has 1 unspecified atom stereocenters. The third-order valence-corrected chi connectivity index (χ3v) is 4.42. The first-order chi connectivity index (χ1) is 13.1. The van der Waals surface area contributed by atoms with Crippen LogP contribution in [0.2, 0.25) is 5.02 Å². The molecule has 1 heterocycles. The molecule has 0 aliphatic carbocycles. The maximum atomic E-state index is 12.5. The van der Waals surface area contributed by atoms with E-state index in [1.165, 1.54) is 0 Å². The number of para-hydroxylation sites is 2. The second kappa shape index (κ2) is 8.77.